The summed E-state index contributed by atoms with van der Waals surface area (Å²) in [6, 6.07) is 9.51. The highest BCUT2D eigenvalue weighted by Gasteiger charge is 2.47. The van der Waals surface area contributed by atoms with Gasteiger partial charge in [0.15, 0.2) is 12.1 Å². The quantitative estimate of drug-likeness (QED) is 0.130. The number of aliphatic hydroxyl groups excluding tert-OH is 4. The molecule has 0 aliphatic carbocycles. The van der Waals surface area contributed by atoms with Crippen molar-refractivity contribution in [2.75, 3.05) is 40.8 Å². The summed E-state index contributed by atoms with van der Waals surface area (Å²) in [5.41, 5.74) is 2.76. The number of cyclic esters (lactones) is 1. The first kappa shape index (κ1) is 48.3. The van der Waals surface area contributed by atoms with Gasteiger partial charge in [-0.05, 0) is 78.4 Å². The minimum atomic E-state index is -1.25. The van der Waals surface area contributed by atoms with Crippen molar-refractivity contribution < 1.29 is 44.2 Å². The molecule has 330 valence electrons. The number of hydrogen-bond donors (Lipinski definition) is 5. The summed E-state index contributed by atoms with van der Waals surface area (Å²) in [6.45, 7) is 12.0. The fourth-order valence-corrected chi connectivity index (χ4v) is 8.14. The van der Waals surface area contributed by atoms with Gasteiger partial charge in [0.25, 0.3) is 0 Å². The van der Waals surface area contributed by atoms with Crippen LogP contribution in [-0.2, 0) is 43.4 Å². The molecule has 2 aliphatic heterocycles. The smallest absolute Gasteiger partial charge is 0.308 e. The lowest BCUT2D eigenvalue weighted by Crippen LogP contribution is -2.63. The predicted octanol–water partition coefficient (Wildman–Crippen LogP) is 2.72. The van der Waals surface area contributed by atoms with E-state index in [1.165, 1.54) is 5.56 Å². The van der Waals surface area contributed by atoms with Gasteiger partial charge in [-0.3, -0.25) is 14.3 Å². The zero-order valence-electron chi connectivity index (χ0n) is 36.3. The molecule has 12 atom stereocenters. The normalized spacial score (nSPS) is 33.2. The second-order valence-electron chi connectivity index (χ2n) is 16.9. The molecule has 2 aromatic rings. The van der Waals surface area contributed by atoms with E-state index in [4.69, 9.17) is 14.2 Å². The first-order valence-electron chi connectivity index (χ1n) is 21.2. The van der Waals surface area contributed by atoms with Gasteiger partial charge in [0, 0.05) is 43.6 Å². The third kappa shape index (κ3) is 14.4. The fourth-order valence-electron chi connectivity index (χ4n) is 8.14. The molecule has 0 bridgehead atoms. The molecule has 15 heteroatoms. The molecule has 2 aliphatic rings. The van der Waals surface area contributed by atoms with Crippen LogP contribution in [0, 0.1) is 23.7 Å². The summed E-state index contributed by atoms with van der Waals surface area (Å²) in [4.78, 5) is 30.9. The van der Waals surface area contributed by atoms with Gasteiger partial charge in [0.05, 0.1) is 55.7 Å². The van der Waals surface area contributed by atoms with E-state index in [0.29, 0.717) is 38.9 Å². The van der Waals surface area contributed by atoms with Crippen molar-refractivity contribution in [3.63, 3.8) is 0 Å². The van der Waals surface area contributed by atoms with Crippen LogP contribution in [0.1, 0.15) is 71.6 Å². The van der Waals surface area contributed by atoms with E-state index in [-0.39, 0.29) is 24.7 Å². The van der Waals surface area contributed by atoms with E-state index in [0.717, 1.165) is 24.4 Å². The Bertz CT molecular complexity index is 1640. The van der Waals surface area contributed by atoms with Crippen LogP contribution < -0.4 is 5.32 Å². The molecule has 1 fully saturated rings. The van der Waals surface area contributed by atoms with Crippen LogP contribution in [0.4, 0.5) is 0 Å². The second kappa shape index (κ2) is 23.6. The SMILES string of the molecule is CC[C@H]1OC(=O)C[C@@H](O)[C@H](C)[C@@H](O[C@@H]2O[C@H](C)[C@@H](O)[C@H](N(C)C)[C@H]2O)[C@@H](CCN(C)Cc2cn(CCNCc3ccccc3)nn2)C[C@@H](C)C(=O)/C=C/C(C)=C/[C@@H]1CO. The number of allylic oxidation sites excluding steroid dienone is 3. The molecule has 0 unspecified atom stereocenters. The number of likely N-dealkylation sites (N-methyl/N-ethyl adjacent to an activating group) is 1. The van der Waals surface area contributed by atoms with Crippen molar-refractivity contribution in [3.8, 4) is 0 Å². The number of carbonyl (C=O) groups excluding carboxylic acids is 2. The lowest BCUT2D eigenvalue weighted by atomic mass is 9.79. The lowest BCUT2D eigenvalue weighted by Gasteiger charge is -2.46. The van der Waals surface area contributed by atoms with Crippen LogP contribution in [0.3, 0.4) is 0 Å². The Morgan fingerprint density at radius 3 is 2.44 bits per heavy atom. The number of ether oxygens (including phenoxy) is 3. The van der Waals surface area contributed by atoms with Crippen LogP contribution >= 0.6 is 0 Å². The van der Waals surface area contributed by atoms with Crippen molar-refractivity contribution in [3.05, 3.63) is 71.6 Å². The van der Waals surface area contributed by atoms with Crippen LogP contribution in [0.2, 0.25) is 0 Å². The van der Waals surface area contributed by atoms with Crippen molar-refractivity contribution in [2.45, 2.75) is 129 Å². The standard InChI is InChI=1S/C44H70N6O9/c1-9-38-34(27-51)21-28(2)15-16-36(52)29(3)22-33(17-19-49(8)25-35-26-50(47-46-35)20-18-45-24-32-13-11-10-12-14-32)43(30(4)37(53)23-39(54)58-38)59-44-42(56)40(48(6)7)41(55)31(5)57-44/h10-16,21,26,29-31,33-34,37-38,40-45,51,53,55-56H,9,17-20,22-25,27H2,1-8H3/b16-15+,28-21+/t29-,30+,31-,33+,34-,37-,38-,40+,41-,42-,43-,44+/m1/s1. The Hall–Kier alpha value is -3.38. The Balaban J connectivity index is 1.58. The van der Waals surface area contributed by atoms with Crippen LogP contribution in [0.5, 0.6) is 0 Å². The lowest BCUT2D eigenvalue weighted by molar-refractivity contribution is -0.304. The average molecular weight is 827 g/mol. The minimum Gasteiger partial charge on any atom is -0.462 e. The summed E-state index contributed by atoms with van der Waals surface area (Å²) >= 11 is 0. The van der Waals surface area contributed by atoms with Crippen LogP contribution in [0.15, 0.2) is 60.3 Å². The van der Waals surface area contributed by atoms with Gasteiger partial charge in [-0.2, -0.15) is 0 Å². The summed E-state index contributed by atoms with van der Waals surface area (Å²) in [7, 11) is 5.51. The summed E-state index contributed by atoms with van der Waals surface area (Å²) in [5.74, 6) is -2.71. The summed E-state index contributed by atoms with van der Waals surface area (Å²) in [6.07, 6.45) is 1.23. The molecule has 4 rings (SSSR count). The summed E-state index contributed by atoms with van der Waals surface area (Å²) in [5, 5.41) is 56.6. The Labute approximate surface area is 350 Å². The number of rotatable bonds is 15. The number of aliphatic hydroxyl groups is 4. The van der Waals surface area contributed by atoms with Gasteiger partial charge in [0.1, 0.15) is 12.2 Å². The maximum atomic E-state index is 13.7. The van der Waals surface area contributed by atoms with E-state index >= 15 is 0 Å². The molecular formula is C44H70N6O9. The Kier molecular flexibility index (Phi) is 19.3. The van der Waals surface area contributed by atoms with Crippen molar-refractivity contribution in [1.82, 2.24) is 30.1 Å². The number of carbonyl (C=O) groups is 2. The number of nitrogens with zero attached hydrogens (tertiary/aromatic N) is 5. The predicted molar refractivity (Wildman–Crippen MR) is 224 cm³/mol. The van der Waals surface area contributed by atoms with Gasteiger partial charge >= 0.3 is 5.97 Å². The third-order valence-corrected chi connectivity index (χ3v) is 11.8. The number of nitrogens with one attached hydrogen (secondary N) is 1. The maximum Gasteiger partial charge on any atom is 0.308 e. The first-order valence-corrected chi connectivity index (χ1v) is 21.2. The molecule has 3 heterocycles. The maximum absolute atomic E-state index is 13.7. The highest BCUT2D eigenvalue weighted by atomic mass is 16.7. The van der Waals surface area contributed by atoms with E-state index in [1.54, 1.807) is 51.1 Å². The van der Waals surface area contributed by atoms with Crippen molar-refractivity contribution in [1.29, 1.82) is 0 Å². The Morgan fingerprint density at radius 1 is 1.03 bits per heavy atom. The minimum absolute atomic E-state index is 0.0950. The van der Waals surface area contributed by atoms with Gasteiger partial charge in [-0.25, -0.2) is 0 Å². The molecule has 59 heavy (non-hydrogen) atoms. The number of esters is 1. The molecule has 0 radical (unpaired) electrons. The van der Waals surface area contributed by atoms with E-state index in [1.807, 2.05) is 56.9 Å². The fraction of sp³-hybridized carbons (Fsp3) is 0.682. The van der Waals surface area contributed by atoms with Gasteiger partial charge < -0.3 is 49.8 Å². The summed E-state index contributed by atoms with van der Waals surface area (Å²) < 4.78 is 20.5. The largest absolute Gasteiger partial charge is 0.462 e. The van der Waals surface area contributed by atoms with E-state index < -0.39 is 72.7 Å². The molecule has 5 N–H and O–H groups in total. The molecule has 0 amide bonds. The molecule has 0 saturated carbocycles. The highest BCUT2D eigenvalue weighted by Crippen LogP contribution is 2.35. The van der Waals surface area contributed by atoms with Gasteiger partial charge in [-0.1, -0.05) is 74.0 Å². The molecule has 15 nitrogen and oxygen atoms in total. The number of ketones is 1. The third-order valence-electron chi connectivity index (χ3n) is 11.8. The van der Waals surface area contributed by atoms with Gasteiger partial charge in [-0.15, -0.1) is 5.10 Å². The number of benzene rings is 1. The molecular weight excluding hydrogens is 757 g/mol. The zero-order valence-corrected chi connectivity index (χ0v) is 36.3. The monoisotopic (exact) mass is 827 g/mol. The van der Waals surface area contributed by atoms with E-state index in [2.05, 4.69) is 32.7 Å². The van der Waals surface area contributed by atoms with Gasteiger partial charge in [0.2, 0.25) is 0 Å². The topological polar surface area (TPSA) is 192 Å². The van der Waals surface area contributed by atoms with E-state index in [9.17, 15) is 30.0 Å². The first-order chi connectivity index (χ1) is 28.1. The van der Waals surface area contributed by atoms with Crippen molar-refractivity contribution in [2.24, 2.45) is 23.7 Å². The second-order valence-corrected chi connectivity index (χ2v) is 16.9. The number of aromatic nitrogens is 3. The van der Waals surface area contributed by atoms with Crippen LogP contribution in [-0.4, -0.2) is 147 Å². The molecule has 0 spiro atoms. The average Bonchev–Trinajstić information content (AvgIpc) is 3.65. The van der Waals surface area contributed by atoms with Crippen LogP contribution in [0.25, 0.3) is 0 Å². The Morgan fingerprint density at radius 2 is 1.76 bits per heavy atom. The highest BCUT2D eigenvalue weighted by molar-refractivity contribution is 5.91. The number of hydrogen-bond acceptors (Lipinski definition) is 14. The molecule has 1 aromatic heterocycles. The zero-order chi connectivity index (χ0) is 43.2. The molecule has 1 aromatic carbocycles. The molecule has 1 saturated heterocycles. The van der Waals surface area contributed by atoms with Crippen molar-refractivity contribution >= 4 is 11.8 Å².